The molecule has 0 saturated carbocycles. The van der Waals surface area contributed by atoms with Gasteiger partial charge in [0, 0.05) is 25.4 Å². The number of anilines is 1. The fourth-order valence-corrected chi connectivity index (χ4v) is 2.98. The Morgan fingerprint density at radius 2 is 2.07 bits per heavy atom. The molecule has 7 nitrogen and oxygen atoms in total. The van der Waals surface area contributed by atoms with E-state index in [4.69, 9.17) is 16.9 Å². The van der Waals surface area contributed by atoms with Crippen molar-refractivity contribution < 1.29 is 13.2 Å². The summed E-state index contributed by atoms with van der Waals surface area (Å²) in [6, 6.07) is 4.21. The predicted octanol–water partition coefficient (Wildman–Crippen LogP) is 3.03. The molecule has 1 fully saturated rings. The van der Waals surface area contributed by atoms with Crippen molar-refractivity contribution in [2.24, 2.45) is 0 Å². The lowest BCUT2D eigenvalue weighted by Crippen LogP contribution is -2.58. The second-order valence-corrected chi connectivity index (χ2v) is 6.71. The van der Waals surface area contributed by atoms with Crippen LogP contribution in [0.25, 0.3) is 16.9 Å². The second kappa shape index (κ2) is 5.79. The molecule has 0 unspecified atom stereocenters. The minimum atomic E-state index is -3.15. The molecular formula is C16H11ClF3N7. The quantitative estimate of drug-likeness (QED) is 0.636. The minimum Gasteiger partial charge on any atom is -0.346 e. The summed E-state index contributed by atoms with van der Waals surface area (Å²) < 4.78 is 42.5. The Balaban J connectivity index is 1.85. The lowest BCUT2D eigenvalue weighted by atomic mass is 9.98. The zero-order valence-corrected chi connectivity index (χ0v) is 14.6. The van der Waals surface area contributed by atoms with E-state index in [1.165, 1.54) is 23.1 Å². The van der Waals surface area contributed by atoms with E-state index in [-0.39, 0.29) is 24.2 Å². The zero-order valence-electron chi connectivity index (χ0n) is 13.9. The molecule has 3 aromatic heterocycles. The van der Waals surface area contributed by atoms with E-state index in [1.807, 2.05) is 0 Å². The lowest BCUT2D eigenvalue weighted by molar-refractivity contribution is 0.0126. The smallest absolute Gasteiger partial charge is 0.287 e. The summed E-state index contributed by atoms with van der Waals surface area (Å²) >= 11 is 5.96. The molecule has 0 bridgehead atoms. The van der Waals surface area contributed by atoms with Crippen LogP contribution in [0.1, 0.15) is 12.6 Å². The van der Waals surface area contributed by atoms with Crippen molar-refractivity contribution in [2.45, 2.75) is 18.5 Å². The molecule has 0 radical (unpaired) electrons. The van der Waals surface area contributed by atoms with Crippen LogP contribution in [0.3, 0.4) is 0 Å². The molecule has 1 saturated heterocycles. The molecule has 11 heteroatoms. The molecule has 4 rings (SSSR count). The van der Waals surface area contributed by atoms with Gasteiger partial charge in [0.15, 0.2) is 5.82 Å². The molecule has 0 N–H and O–H groups in total. The fraction of sp³-hybridized carbons (Fsp3) is 0.312. The van der Waals surface area contributed by atoms with Crippen molar-refractivity contribution in [3.63, 3.8) is 0 Å². The Bertz CT molecular complexity index is 1080. The first-order chi connectivity index (χ1) is 12.7. The number of alkyl halides is 3. The molecule has 1 aliphatic heterocycles. The van der Waals surface area contributed by atoms with E-state index >= 15 is 0 Å². The van der Waals surface area contributed by atoms with Crippen LogP contribution in [0.15, 0.2) is 24.5 Å². The third-order valence-corrected chi connectivity index (χ3v) is 4.38. The first kappa shape index (κ1) is 17.5. The van der Waals surface area contributed by atoms with Crippen LogP contribution in [0.4, 0.5) is 19.0 Å². The van der Waals surface area contributed by atoms with Gasteiger partial charge in [-0.25, -0.2) is 19.3 Å². The molecule has 0 aliphatic carbocycles. The predicted molar refractivity (Wildman–Crippen MR) is 90.7 cm³/mol. The number of hydrogen-bond acceptors (Lipinski definition) is 6. The highest BCUT2D eigenvalue weighted by atomic mass is 35.5. The maximum Gasteiger partial charge on any atom is 0.287 e. The zero-order chi connectivity index (χ0) is 19.4. The number of nitriles is 1. The third kappa shape index (κ3) is 2.94. The van der Waals surface area contributed by atoms with Gasteiger partial charge in [0.2, 0.25) is 5.67 Å². The van der Waals surface area contributed by atoms with E-state index in [0.29, 0.717) is 16.7 Å². The Morgan fingerprint density at radius 1 is 1.33 bits per heavy atom. The summed E-state index contributed by atoms with van der Waals surface area (Å²) in [5.41, 5.74) is -1.99. The van der Waals surface area contributed by atoms with Crippen LogP contribution in [-0.2, 0) is 5.92 Å². The van der Waals surface area contributed by atoms with Gasteiger partial charge in [-0.2, -0.15) is 18.7 Å². The van der Waals surface area contributed by atoms with Gasteiger partial charge in [0.1, 0.15) is 16.9 Å². The van der Waals surface area contributed by atoms with Gasteiger partial charge in [-0.05, 0) is 6.07 Å². The van der Waals surface area contributed by atoms with E-state index < -0.39 is 17.3 Å². The number of pyridine rings is 1. The fourth-order valence-electron chi connectivity index (χ4n) is 2.83. The summed E-state index contributed by atoms with van der Waals surface area (Å²) in [6.45, 7) is 0.410. The van der Waals surface area contributed by atoms with Gasteiger partial charge in [-0.15, -0.1) is 5.10 Å². The van der Waals surface area contributed by atoms with Crippen LogP contribution in [0, 0.1) is 11.3 Å². The first-order valence-electron chi connectivity index (χ1n) is 7.81. The molecular weight excluding hydrogens is 383 g/mol. The highest BCUT2D eigenvalue weighted by molar-refractivity contribution is 6.30. The minimum absolute atomic E-state index is 0.0835. The van der Waals surface area contributed by atoms with E-state index in [0.717, 1.165) is 13.0 Å². The van der Waals surface area contributed by atoms with Gasteiger partial charge in [0.25, 0.3) is 11.9 Å². The highest BCUT2D eigenvalue weighted by Crippen LogP contribution is 2.35. The standard InChI is InChI=1S/C16H11ClF3N7/c1-15(18,19)11-2-3-22-14(24-11)27-10-4-12(17)23-5-9(10)13(25-27)26-7-16(20,6-21)8-26/h2-5H,7-8H2,1H3. The van der Waals surface area contributed by atoms with E-state index in [1.54, 1.807) is 11.0 Å². The van der Waals surface area contributed by atoms with Crippen LogP contribution in [0.2, 0.25) is 5.15 Å². The number of aromatic nitrogens is 5. The molecule has 1 aliphatic rings. The van der Waals surface area contributed by atoms with Crippen LogP contribution < -0.4 is 4.90 Å². The monoisotopic (exact) mass is 393 g/mol. The van der Waals surface area contributed by atoms with Gasteiger partial charge in [0.05, 0.1) is 24.0 Å². The SMILES string of the molecule is CC(F)(F)c1ccnc(-n2nc(N3CC(F)(C#N)C3)c3cnc(Cl)cc32)n1. The van der Waals surface area contributed by atoms with Crippen molar-refractivity contribution in [1.29, 1.82) is 5.26 Å². The molecule has 0 spiro atoms. The number of fused-ring (bicyclic) bond motifs is 1. The van der Waals surface area contributed by atoms with Crippen molar-refractivity contribution in [1.82, 2.24) is 24.7 Å². The van der Waals surface area contributed by atoms with E-state index in [2.05, 4.69) is 20.1 Å². The maximum atomic E-state index is 14.0. The van der Waals surface area contributed by atoms with Crippen LogP contribution >= 0.6 is 11.6 Å². The Kier molecular flexibility index (Phi) is 3.75. The van der Waals surface area contributed by atoms with Crippen LogP contribution in [0.5, 0.6) is 0 Å². The third-order valence-electron chi connectivity index (χ3n) is 4.18. The summed E-state index contributed by atoms with van der Waals surface area (Å²) in [7, 11) is 0. The van der Waals surface area contributed by atoms with Crippen LogP contribution in [-0.4, -0.2) is 43.5 Å². The molecule has 0 aromatic carbocycles. The van der Waals surface area contributed by atoms with Gasteiger partial charge < -0.3 is 4.90 Å². The maximum absolute atomic E-state index is 14.0. The van der Waals surface area contributed by atoms with Gasteiger partial charge in [-0.1, -0.05) is 11.6 Å². The summed E-state index contributed by atoms with van der Waals surface area (Å²) in [5, 5.41) is 13.9. The average Bonchev–Trinajstić information content (AvgIpc) is 2.96. The number of hydrogen-bond donors (Lipinski definition) is 0. The van der Waals surface area contributed by atoms with Gasteiger partial charge >= 0.3 is 0 Å². The largest absolute Gasteiger partial charge is 0.346 e. The second-order valence-electron chi connectivity index (χ2n) is 6.32. The van der Waals surface area contributed by atoms with Crippen molar-refractivity contribution in [2.75, 3.05) is 18.0 Å². The number of halogens is 4. The summed E-state index contributed by atoms with van der Waals surface area (Å²) in [5.74, 6) is -2.89. The van der Waals surface area contributed by atoms with Gasteiger partial charge in [-0.3, -0.25) is 0 Å². The summed E-state index contributed by atoms with van der Waals surface area (Å²) in [4.78, 5) is 13.4. The number of nitrogens with zero attached hydrogens (tertiary/aromatic N) is 7. The number of rotatable bonds is 3. The molecule has 4 heterocycles. The highest BCUT2D eigenvalue weighted by Gasteiger charge is 2.45. The normalized spacial score (nSPS) is 16.2. The van der Waals surface area contributed by atoms with E-state index in [9.17, 15) is 13.2 Å². The topological polar surface area (TPSA) is 83.5 Å². The Hall–Kier alpha value is -2.93. The lowest BCUT2D eigenvalue weighted by Gasteiger charge is -2.40. The van der Waals surface area contributed by atoms with Crippen molar-refractivity contribution in [3.05, 3.63) is 35.4 Å². The summed E-state index contributed by atoms with van der Waals surface area (Å²) in [6.07, 6.45) is 2.65. The van der Waals surface area contributed by atoms with Crippen molar-refractivity contribution in [3.8, 4) is 12.0 Å². The van der Waals surface area contributed by atoms with Crippen molar-refractivity contribution >= 4 is 28.3 Å². The Labute approximate surface area is 156 Å². The average molecular weight is 394 g/mol. The first-order valence-corrected chi connectivity index (χ1v) is 8.19. The molecule has 0 atom stereocenters. The molecule has 27 heavy (non-hydrogen) atoms. The molecule has 138 valence electrons. The molecule has 0 amide bonds. The molecule has 3 aromatic rings. The Morgan fingerprint density at radius 3 is 2.74 bits per heavy atom.